The first-order valence-corrected chi connectivity index (χ1v) is 7.72. The van der Waals surface area contributed by atoms with Crippen LogP contribution in [0.25, 0.3) is 0 Å². The minimum Gasteiger partial charge on any atom is -0.508 e. The number of nitrogens with two attached hydrogens (primary N) is 1. The lowest BCUT2D eigenvalue weighted by Gasteiger charge is -2.27. The van der Waals surface area contributed by atoms with E-state index in [-0.39, 0.29) is 6.04 Å². The predicted octanol–water partition coefficient (Wildman–Crippen LogP) is 2.09. The number of aromatic hydroxyl groups is 1. The molecule has 3 N–H and O–H groups in total. The molecular weight excluding hydrogens is 250 g/mol. The van der Waals surface area contributed by atoms with Crippen molar-refractivity contribution >= 4 is 5.69 Å². The van der Waals surface area contributed by atoms with Crippen molar-refractivity contribution in [1.29, 1.82) is 0 Å². The smallest absolute Gasteiger partial charge is 0.122 e. The molecule has 2 aliphatic rings. The third-order valence-electron chi connectivity index (χ3n) is 4.67. The van der Waals surface area contributed by atoms with Gasteiger partial charge in [0.2, 0.25) is 0 Å². The van der Waals surface area contributed by atoms with Gasteiger partial charge in [-0.15, -0.1) is 0 Å². The molecule has 0 radical (unpaired) electrons. The van der Waals surface area contributed by atoms with Crippen LogP contribution in [0.2, 0.25) is 0 Å². The van der Waals surface area contributed by atoms with Crippen LogP contribution in [0.15, 0.2) is 18.2 Å². The van der Waals surface area contributed by atoms with Crippen molar-refractivity contribution in [3.05, 3.63) is 23.8 Å². The van der Waals surface area contributed by atoms with Gasteiger partial charge < -0.3 is 15.7 Å². The van der Waals surface area contributed by atoms with E-state index in [1.165, 1.54) is 32.4 Å². The van der Waals surface area contributed by atoms with Crippen LogP contribution >= 0.6 is 0 Å². The molecule has 110 valence electrons. The molecule has 3 rings (SSSR count). The first kappa shape index (κ1) is 13.7. The fraction of sp³-hybridized carbons (Fsp3) is 0.625. The molecule has 0 spiro atoms. The zero-order chi connectivity index (χ0) is 14.1. The van der Waals surface area contributed by atoms with Gasteiger partial charge in [0.05, 0.1) is 0 Å². The fourth-order valence-electron chi connectivity index (χ4n) is 3.55. The summed E-state index contributed by atoms with van der Waals surface area (Å²) in [6.07, 6.45) is 3.83. The summed E-state index contributed by atoms with van der Waals surface area (Å²) in [6.45, 7) is 6.52. The average molecular weight is 275 g/mol. The largest absolute Gasteiger partial charge is 0.508 e. The summed E-state index contributed by atoms with van der Waals surface area (Å²) in [5.74, 6) is 0.324. The third-order valence-corrected chi connectivity index (χ3v) is 4.67. The summed E-state index contributed by atoms with van der Waals surface area (Å²) in [7, 11) is 0. The highest BCUT2D eigenvalue weighted by Gasteiger charge is 2.28. The number of nitrogens with zero attached hydrogens (tertiary/aromatic N) is 2. The summed E-state index contributed by atoms with van der Waals surface area (Å²) in [5, 5.41) is 10.1. The second-order valence-electron chi connectivity index (χ2n) is 6.16. The maximum atomic E-state index is 10.1. The molecule has 2 atom stereocenters. The van der Waals surface area contributed by atoms with E-state index in [1.54, 1.807) is 0 Å². The van der Waals surface area contributed by atoms with Crippen LogP contribution in [0.4, 0.5) is 5.69 Å². The minimum absolute atomic E-state index is 0.126. The van der Waals surface area contributed by atoms with Gasteiger partial charge in [-0.05, 0) is 38.8 Å². The lowest BCUT2D eigenvalue weighted by molar-refractivity contribution is 0.273. The van der Waals surface area contributed by atoms with Gasteiger partial charge in [-0.1, -0.05) is 6.07 Å². The Hall–Kier alpha value is -1.26. The van der Waals surface area contributed by atoms with E-state index in [9.17, 15) is 5.11 Å². The van der Waals surface area contributed by atoms with Gasteiger partial charge >= 0.3 is 0 Å². The van der Waals surface area contributed by atoms with Crippen molar-refractivity contribution < 1.29 is 5.11 Å². The van der Waals surface area contributed by atoms with Crippen LogP contribution < -0.4 is 10.6 Å². The van der Waals surface area contributed by atoms with Crippen LogP contribution in [0.5, 0.6) is 5.75 Å². The van der Waals surface area contributed by atoms with Gasteiger partial charge in [0.1, 0.15) is 5.75 Å². The predicted molar refractivity (Wildman–Crippen MR) is 82.1 cm³/mol. The molecule has 2 saturated heterocycles. The Morgan fingerprint density at radius 2 is 2.05 bits per heavy atom. The molecule has 0 aliphatic carbocycles. The Morgan fingerprint density at radius 3 is 2.80 bits per heavy atom. The van der Waals surface area contributed by atoms with E-state index in [4.69, 9.17) is 5.73 Å². The maximum Gasteiger partial charge on any atom is 0.122 e. The van der Waals surface area contributed by atoms with E-state index in [0.29, 0.717) is 11.8 Å². The molecule has 20 heavy (non-hydrogen) atoms. The van der Waals surface area contributed by atoms with Crippen molar-refractivity contribution in [1.82, 2.24) is 4.90 Å². The van der Waals surface area contributed by atoms with Crippen LogP contribution in [0.1, 0.15) is 37.8 Å². The number of benzene rings is 1. The number of hydrogen-bond donors (Lipinski definition) is 2. The van der Waals surface area contributed by atoms with Crippen molar-refractivity contribution in [2.75, 3.05) is 31.1 Å². The van der Waals surface area contributed by atoms with Crippen molar-refractivity contribution in [3.63, 3.8) is 0 Å². The standard InChI is InChI=1S/C16H25N3O/c1-12(17)15-6-5-13(10-16(15)20)19-9-3-8-18-7-2-4-14(18)11-19/h5-6,10,12,14,20H,2-4,7-9,11,17H2,1H3. The molecule has 1 aromatic carbocycles. The SMILES string of the molecule is CC(N)c1ccc(N2CCCN3CCCC3C2)cc1O. The number of rotatable bonds is 2. The molecule has 2 fully saturated rings. The summed E-state index contributed by atoms with van der Waals surface area (Å²) in [6, 6.07) is 6.50. The van der Waals surface area contributed by atoms with Crippen molar-refractivity contribution in [3.8, 4) is 5.75 Å². The highest BCUT2D eigenvalue weighted by Crippen LogP contribution is 2.30. The summed E-state index contributed by atoms with van der Waals surface area (Å²) in [5.41, 5.74) is 7.81. The van der Waals surface area contributed by atoms with Crippen molar-refractivity contribution in [2.45, 2.75) is 38.3 Å². The van der Waals surface area contributed by atoms with Crippen LogP contribution in [0.3, 0.4) is 0 Å². The third kappa shape index (κ3) is 2.63. The van der Waals surface area contributed by atoms with Gasteiger partial charge in [0.25, 0.3) is 0 Å². The topological polar surface area (TPSA) is 52.7 Å². The Bertz CT molecular complexity index is 475. The second kappa shape index (κ2) is 5.62. The molecular formula is C16H25N3O. The normalized spacial score (nSPS) is 25.3. The zero-order valence-corrected chi connectivity index (χ0v) is 12.3. The molecule has 0 bridgehead atoms. The zero-order valence-electron chi connectivity index (χ0n) is 12.3. The highest BCUT2D eigenvalue weighted by molar-refractivity contribution is 5.54. The first-order valence-electron chi connectivity index (χ1n) is 7.72. The lowest BCUT2D eigenvalue weighted by atomic mass is 10.1. The van der Waals surface area contributed by atoms with Gasteiger partial charge in [-0.3, -0.25) is 4.90 Å². The molecule has 2 aliphatic heterocycles. The quantitative estimate of drug-likeness (QED) is 0.868. The van der Waals surface area contributed by atoms with E-state index < -0.39 is 0 Å². The molecule has 4 nitrogen and oxygen atoms in total. The van der Waals surface area contributed by atoms with Crippen LogP contribution in [-0.4, -0.2) is 42.2 Å². The Kier molecular flexibility index (Phi) is 3.85. The summed E-state index contributed by atoms with van der Waals surface area (Å²) >= 11 is 0. The van der Waals surface area contributed by atoms with E-state index in [2.05, 4.69) is 15.9 Å². The van der Waals surface area contributed by atoms with E-state index >= 15 is 0 Å². The molecule has 1 aromatic rings. The highest BCUT2D eigenvalue weighted by atomic mass is 16.3. The maximum absolute atomic E-state index is 10.1. The van der Waals surface area contributed by atoms with Gasteiger partial charge in [-0.2, -0.15) is 0 Å². The molecule has 2 heterocycles. The lowest BCUT2D eigenvalue weighted by Crippen LogP contribution is -2.36. The Morgan fingerprint density at radius 1 is 1.25 bits per heavy atom. The fourth-order valence-corrected chi connectivity index (χ4v) is 3.55. The molecule has 0 aromatic heterocycles. The average Bonchev–Trinajstić information content (AvgIpc) is 2.75. The van der Waals surface area contributed by atoms with Gasteiger partial charge in [0.15, 0.2) is 0 Å². The number of fused-ring (bicyclic) bond motifs is 1. The van der Waals surface area contributed by atoms with Gasteiger partial charge in [0, 0.05) is 49.0 Å². The monoisotopic (exact) mass is 275 g/mol. The van der Waals surface area contributed by atoms with Crippen LogP contribution in [-0.2, 0) is 0 Å². The second-order valence-corrected chi connectivity index (χ2v) is 6.16. The number of anilines is 1. The number of phenolic OH excluding ortho intramolecular Hbond substituents is 1. The molecule has 0 saturated carbocycles. The van der Waals surface area contributed by atoms with Crippen molar-refractivity contribution in [2.24, 2.45) is 5.73 Å². The molecule has 2 unspecified atom stereocenters. The summed E-state index contributed by atoms with van der Waals surface area (Å²) < 4.78 is 0. The van der Waals surface area contributed by atoms with E-state index in [1.807, 2.05) is 19.1 Å². The number of phenols is 1. The minimum atomic E-state index is -0.126. The Balaban J connectivity index is 1.79. The molecule has 4 heteroatoms. The number of hydrogen-bond acceptors (Lipinski definition) is 4. The Labute approximate surface area is 121 Å². The summed E-state index contributed by atoms with van der Waals surface area (Å²) in [4.78, 5) is 5.04. The van der Waals surface area contributed by atoms with Crippen LogP contribution in [0, 0.1) is 0 Å². The first-order chi connectivity index (χ1) is 9.65. The van der Waals surface area contributed by atoms with E-state index in [0.717, 1.165) is 24.3 Å². The molecule has 0 amide bonds. The van der Waals surface area contributed by atoms with Gasteiger partial charge in [-0.25, -0.2) is 0 Å².